The van der Waals surface area contributed by atoms with Crippen molar-refractivity contribution in [1.29, 1.82) is 0 Å². The van der Waals surface area contributed by atoms with E-state index in [1.54, 1.807) is 0 Å². The molecule has 0 bridgehead atoms. The van der Waals surface area contributed by atoms with Gasteiger partial charge in [-0.15, -0.1) is 12.4 Å². The predicted octanol–water partition coefficient (Wildman–Crippen LogP) is 0.781. The summed E-state index contributed by atoms with van der Waals surface area (Å²) in [7, 11) is 0. The number of halogens is 1. The van der Waals surface area contributed by atoms with Gasteiger partial charge in [-0.3, -0.25) is 9.59 Å². The lowest BCUT2D eigenvalue weighted by Crippen LogP contribution is -2.53. The Kier molecular flexibility index (Phi) is 8.76. The monoisotopic (exact) mass is 291 g/mol. The third kappa shape index (κ3) is 7.38. The topological polar surface area (TPSA) is 61.4 Å². The Hall–Kier alpha value is -0.810. The zero-order valence-electron chi connectivity index (χ0n) is 12.1. The Morgan fingerprint density at radius 2 is 2.11 bits per heavy atom. The van der Waals surface area contributed by atoms with Crippen LogP contribution >= 0.6 is 12.4 Å². The van der Waals surface area contributed by atoms with Crippen molar-refractivity contribution >= 4 is 24.2 Å². The second-order valence-corrected chi connectivity index (χ2v) is 5.40. The summed E-state index contributed by atoms with van der Waals surface area (Å²) in [6.45, 7) is 8.63. The summed E-state index contributed by atoms with van der Waals surface area (Å²) in [5, 5.41) is 5.98. The molecule has 0 aromatic carbocycles. The van der Waals surface area contributed by atoms with E-state index in [4.69, 9.17) is 0 Å². The van der Waals surface area contributed by atoms with Gasteiger partial charge in [0, 0.05) is 32.1 Å². The molecule has 1 heterocycles. The van der Waals surface area contributed by atoms with Gasteiger partial charge in [0.05, 0.1) is 6.54 Å². The number of rotatable bonds is 5. The molecule has 1 unspecified atom stereocenters. The molecule has 0 aromatic rings. The first-order valence-electron chi connectivity index (χ1n) is 6.77. The van der Waals surface area contributed by atoms with Crippen LogP contribution in [-0.2, 0) is 9.59 Å². The Morgan fingerprint density at radius 1 is 1.42 bits per heavy atom. The third-order valence-electron chi connectivity index (χ3n) is 3.11. The van der Waals surface area contributed by atoms with Gasteiger partial charge in [-0.05, 0) is 19.3 Å². The van der Waals surface area contributed by atoms with Crippen LogP contribution in [0.2, 0.25) is 0 Å². The van der Waals surface area contributed by atoms with Crippen LogP contribution in [-0.4, -0.2) is 48.9 Å². The molecule has 2 amide bonds. The molecule has 5 nitrogen and oxygen atoms in total. The fourth-order valence-electron chi connectivity index (χ4n) is 1.95. The Labute approximate surface area is 121 Å². The van der Waals surface area contributed by atoms with Crippen LogP contribution in [0.3, 0.4) is 0 Å². The Morgan fingerprint density at radius 3 is 2.68 bits per heavy atom. The minimum Gasteiger partial charge on any atom is -0.347 e. The molecule has 0 saturated carbocycles. The molecule has 112 valence electrons. The lowest BCUT2D eigenvalue weighted by Gasteiger charge is -2.31. The molecule has 1 fully saturated rings. The van der Waals surface area contributed by atoms with E-state index in [1.165, 1.54) is 0 Å². The van der Waals surface area contributed by atoms with Gasteiger partial charge in [0.2, 0.25) is 11.8 Å². The van der Waals surface area contributed by atoms with Crippen molar-refractivity contribution in [3.8, 4) is 0 Å². The minimum absolute atomic E-state index is 0. The molecule has 0 radical (unpaired) electrons. The van der Waals surface area contributed by atoms with Gasteiger partial charge < -0.3 is 15.5 Å². The van der Waals surface area contributed by atoms with Crippen LogP contribution in [0, 0.1) is 5.92 Å². The molecule has 1 aliphatic heterocycles. The van der Waals surface area contributed by atoms with E-state index in [9.17, 15) is 9.59 Å². The van der Waals surface area contributed by atoms with Gasteiger partial charge >= 0.3 is 0 Å². The molecule has 6 heteroatoms. The summed E-state index contributed by atoms with van der Waals surface area (Å²) in [4.78, 5) is 25.2. The summed E-state index contributed by atoms with van der Waals surface area (Å²) in [5.74, 6) is 0.502. The summed E-state index contributed by atoms with van der Waals surface area (Å²) in [6, 6.07) is 0.333. The van der Waals surface area contributed by atoms with Crippen molar-refractivity contribution in [1.82, 2.24) is 15.5 Å². The van der Waals surface area contributed by atoms with Crippen LogP contribution < -0.4 is 10.6 Å². The maximum atomic E-state index is 11.9. The molecule has 0 aromatic heterocycles. The first-order chi connectivity index (χ1) is 8.49. The van der Waals surface area contributed by atoms with Gasteiger partial charge in [-0.2, -0.15) is 0 Å². The molecule has 1 atom stereocenters. The largest absolute Gasteiger partial charge is 0.347 e. The Bertz CT molecular complexity index is 298. The average molecular weight is 292 g/mol. The smallest absolute Gasteiger partial charge is 0.242 e. The number of carbonyl (C=O) groups excluding carboxylic acids is 2. The molecule has 2 N–H and O–H groups in total. The number of carbonyl (C=O) groups is 2. The number of hydrogen-bond acceptors (Lipinski definition) is 3. The summed E-state index contributed by atoms with van der Waals surface area (Å²) in [5.41, 5.74) is 0. The van der Waals surface area contributed by atoms with Gasteiger partial charge in [-0.25, -0.2) is 0 Å². The van der Waals surface area contributed by atoms with Crippen LogP contribution in [0.4, 0.5) is 0 Å². The fourth-order valence-corrected chi connectivity index (χ4v) is 1.95. The molecular formula is C13H26ClN3O2. The number of nitrogens with one attached hydrogen (secondary N) is 2. The van der Waals surface area contributed by atoms with Gasteiger partial charge in [0.15, 0.2) is 0 Å². The van der Waals surface area contributed by atoms with E-state index in [0.29, 0.717) is 18.4 Å². The van der Waals surface area contributed by atoms with Crippen LogP contribution in [0.5, 0.6) is 0 Å². The number of hydrogen-bond donors (Lipinski definition) is 2. The van der Waals surface area contributed by atoms with Crippen molar-refractivity contribution in [3.05, 3.63) is 0 Å². The van der Waals surface area contributed by atoms with Crippen LogP contribution in [0.1, 0.15) is 33.6 Å². The molecule has 1 saturated heterocycles. The molecule has 19 heavy (non-hydrogen) atoms. The van der Waals surface area contributed by atoms with E-state index in [-0.39, 0.29) is 30.8 Å². The second kappa shape index (κ2) is 9.15. The van der Waals surface area contributed by atoms with E-state index >= 15 is 0 Å². The van der Waals surface area contributed by atoms with E-state index < -0.39 is 0 Å². The molecule has 0 spiro atoms. The zero-order chi connectivity index (χ0) is 13.5. The SMILES string of the molecule is CC(C)CCC(=O)NCC(=O)N1CCNC(C)C1.Cl. The maximum Gasteiger partial charge on any atom is 0.242 e. The van der Waals surface area contributed by atoms with E-state index in [0.717, 1.165) is 26.1 Å². The second-order valence-electron chi connectivity index (χ2n) is 5.40. The first kappa shape index (κ1) is 18.2. The summed E-state index contributed by atoms with van der Waals surface area (Å²) >= 11 is 0. The lowest BCUT2D eigenvalue weighted by atomic mass is 10.1. The highest BCUT2D eigenvalue weighted by Gasteiger charge is 2.20. The van der Waals surface area contributed by atoms with E-state index in [1.807, 2.05) is 4.90 Å². The lowest BCUT2D eigenvalue weighted by molar-refractivity contribution is -0.133. The molecular weight excluding hydrogens is 266 g/mol. The van der Waals surface area contributed by atoms with Gasteiger partial charge in [0.1, 0.15) is 0 Å². The van der Waals surface area contributed by atoms with Crippen molar-refractivity contribution in [2.75, 3.05) is 26.2 Å². The zero-order valence-corrected chi connectivity index (χ0v) is 12.9. The van der Waals surface area contributed by atoms with Crippen molar-refractivity contribution in [2.45, 2.75) is 39.7 Å². The molecule has 1 aliphatic rings. The van der Waals surface area contributed by atoms with Crippen molar-refractivity contribution in [2.24, 2.45) is 5.92 Å². The molecule has 1 rings (SSSR count). The first-order valence-corrected chi connectivity index (χ1v) is 6.77. The summed E-state index contributed by atoms with van der Waals surface area (Å²) < 4.78 is 0. The highest BCUT2D eigenvalue weighted by molar-refractivity contribution is 5.85. The van der Waals surface area contributed by atoms with E-state index in [2.05, 4.69) is 31.4 Å². The average Bonchev–Trinajstić information content (AvgIpc) is 2.33. The maximum absolute atomic E-state index is 11.9. The molecule has 0 aliphatic carbocycles. The van der Waals surface area contributed by atoms with Crippen LogP contribution in [0.15, 0.2) is 0 Å². The van der Waals surface area contributed by atoms with Crippen molar-refractivity contribution < 1.29 is 9.59 Å². The summed E-state index contributed by atoms with van der Waals surface area (Å²) in [6.07, 6.45) is 1.37. The predicted molar refractivity (Wildman–Crippen MR) is 78.4 cm³/mol. The minimum atomic E-state index is -0.0276. The fraction of sp³-hybridized carbons (Fsp3) is 0.846. The quantitative estimate of drug-likeness (QED) is 0.787. The number of nitrogens with zero attached hydrogens (tertiary/aromatic N) is 1. The normalized spacial score (nSPS) is 18.9. The highest BCUT2D eigenvalue weighted by Crippen LogP contribution is 2.03. The Balaban J connectivity index is 0.00000324. The van der Waals surface area contributed by atoms with Crippen molar-refractivity contribution in [3.63, 3.8) is 0 Å². The number of piperazine rings is 1. The van der Waals surface area contributed by atoms with Crippen LogP contribution in [0.25, 0.3) is 0 Å². The third-order valence-corrected chi connectivity index (χ3v) is 3.11. The highest BCUT2D eigenvalue weighted by atomic mass is 35.5. The van der Waals surface area contributed by atoms with Gasteiger partial charge in [0.25, 0.3) is 0 Å². The number of amides is 2. The van der Waals surface area contributed by atoms with Gasteiger partial charge in [-0.1, -0.05) is 13.8 Å². The standard InChI is InChI=1S/C13H25N3O2.ClH/c1-10(2)4-5-12(17)15-8-13(18)16-7-6-14-11(3)9-16;/h10-11,14H,4-9H2,1-3H3,(H,15,17);1H.